The third-order valence-electron chi connectivity index (χ3n) is 6.28. The molecule has 4 rings (SSSR count). The fourth-order valence-electron chi connectivity index (χ4n) is 4.49. The van der Waals surface area contributed by atoms with Gasteiger partial charge in [0.2, 0.25) is 0 Å². The number of carbonyl (C=O) groups excluding carboxylic acids is 1. The predicted octanol–water partition coefficient (Wildman–Crippen LogP) is 5.58. The topological polar surface area (TPSA) is 64.2 Å². The lowest BCUT2D eigenvalue weighted by atomic mass is 9.83. The molecule has 3 aromatic rings. The molecule has 170 valence electrons. The maximum Gasteiger partial charge on any atom is 0.255 e. The average Bonchev–Trinajstić information content (AvgIpc) is 3.26. The van der Waals surface area contributed by atoms with Gasteiger partial charge < -0.3 is 15.2 Å². The second-order valence-corrected chi connectivity index (χ2v) is 8.87. The van der Waals surface area contributed by atoms with Crippen molar-refractivity contribution in [1.29, 1.82) is 0 Å². The Morgan fingerprint density at radius 2 is 1.82 bits per heavy atom. The third kappa shape index (κ3) is 4.99. The van der Waals surface area contributed by atoms with Gasteiger partial charge in [0.1, 0.15) is 5.82 Å². The minimum Gasteiger partial charge on any atom is -0.332 e. The highest BCUT2D eigenvalue weighted by Crippen LogP contribution is 2.34. The van der Waals surface area contributed by atoms with Crippen molar-refractivity contribution in [3.63, 3.8) is 0 Å². The van der Waals surface area contributed by atoms with E-state index < -0.39 is 0 Å². The fourth-order valence-corrected chi connectivity index (χ4v) is 4.49. The second-order valence-electron chi connectivity index (χ2n) is 8.87. The molecule has 5 heteroatoms. The summed E-state index contributed by atoms with van der Waals surface area (Å²) < 4.78 is 2.22. The van der Waals surface area contributed by atoms with Gasteiger partial charge in [-0.3, -0.25) is 4.79 Å². The molecule has 1 heterocycles. The first-order valence-corrected chi connectivity index (χ1v) is 11.6. The summed E-state index contributed by atoms with van der Waals surface area (Å²) in [6.07, 6.45) is 12.5. The van der Waals surface area contributed by atoms with Gasteiger partial charge in [-0.2, -0.15) is 0 Å². The van der Waals surface area contributed by atoms with Crippen LogP contribution in [0.2, 0.25) is 0 Å². The van der Waals surface area contributed by atoms with Gasteiger partial charge in [0.25, 0.3) is 5.91 Å². The van der Waals surface area contributed by atoms with E-state index in [0.29, 0.717) is 12.0 Å². The number of nitrogens with two attached hydrogens (primary N) is 1. The van der Waals surface area contributed by atoms with Crippen LogP contribution >= 0.6 is 0 Å². The van der Waals surface area contributed by atoms with E-state index in [0.717, 1.165) is 30.0 Å². The van der Waals surface area contributed by atoms with Gasteiger partial charge in [0.05, 0.1) is 18.4 Å². The zero-order chi connectivity index (χ0) is 23.3. The van der Waals surface area contributed by atoms with Crippen molar-refractivity contribution >= 4 is 5.91 Å². The molecule has 1 aliphatic carbocycles. The summed E-state index contributed by atoms with van der Waals surface area (Å²) in [5, 5.41) is 0. The van der Waals surface area contributed by atoms with Crippen LogP contribution in [0.1, 0.15) is 48.9 Å². The van der Waals surface area contributed by atoms with Crippen molar-refractivity contribution in [3.8, 4) is 11.3 Å². The quantitative estimate of drug-likeness (QED) is 0.465. The van der Waals surface area contributed by atoms with E-state index in [1.807, 2.05) is 48.5 Å². The number of hydrogen-bond donors (Lipinski definition) is 1. The summed E-state index contributed by atoms with van der Waals surface area (Å²) in [5.41, 5.74) is 8.73. The standard InChI is InChI=1S/C28H32N4O/c1-3-25(32(21-29)27(33)23-15-9-5-10-16-23)26-30-24(22-13-7-4-8-14-22)19-31(26)20-28(2)17-11-6-12-18-28/h4-17,19,25H,3,18,20-21,29H2,1-2H3/t25-,28?/m1/s1. The first kappa shape index (κ1) is 22.7. The number of nitrogens with zero attached hydrogens (tertiary/aromatic N) is 3. The predicted molar refractivity (Wildman–Crippen MR) is 133 cm³/mol. The molecule has 5 nitrogen and oxygen atoms in total. The van der Waals surface area contributed by atoms with Crippen LogP contribution in [0.25, 0.3) is 11.3 Å². The molecule has 2 atom stereocenters. The van der Waals surface area contributed by atoms with E-state index in [4.69, 9.17) is 10.7 Å². The normalized spacial score (nSPS) is 18.3. The maximum absolute atomic E-state index is 13.4. The van der Waals surface area contributed by atoms with Gasteiger partial charge in [-0.05, 0) is 25.0 Å². The van der Waals surface area contributed by atoms with E-state index in [1.165, 1.54) is 0 Å². The van der Waals surface area contributed by atoms with Gasteiger partial charge in [0.15, 0.2) is 0 Å². The van der Waals surface area contributed by atoms with Crippen LogP contribution in [0.15, 0.2) is 91.2 Å². The number of allylic oxidation sites excluding steroid dienone is 4. The van der Waals surface area contributed by atoms with Gasteiger partial charge >= 0.3 is 0 Å². The second kappa shape index (κ2) is 10.0. The van der Waals surface area contributed by atoms with Crippen molar-refractivity contribution in [2.45, 2.75) is 39.3 Å². The Kier molecular flexibility index (Phi) is 6.90. The Bertz CT molecular complexity index is 1130. The molecule has 2 N–H and O–H groups in total. The zero-order valence-corrected chi connectivity index (χ0v) is 19.4. The largest absolute Gasteiger partial charge is 0.332 e. The van der Waals surface area contributed by atoms with Crippen LogP contribution < -0.4 is 5.73 Å². The molecule has 0 bridgehead atoms. The Morgan fingerprint density at radius 1 is 1.12 bits per heavy atom. The summed E-state index contributed by atoms with van der Waals surface area (Å²) >= 11 is 0. The van der Waals surface area contributed by atoms with E-state index in [1.54, 1.807) is 4.90 Å². The van der Waals surface area contributed by atoms with Gasteiger partial charge in [-0.25, -0.2) is 4.98 Å². The molecule has 1 aromatic heterocycles. The van der Waals surface area contributed by atoms with E-state index in [-0.39, 0.29) is 24.0 Å². The number of benzene rings is 2. The number of aromatic nitrogens is 2. The number of imidazole rings is 1. The highest BCUT2D eigenvalue weighted by molar-refractivity contribution is 5.94. The van der Waals surface area contributed by atoms with Crippen molar-refractivity contribution in [3.05, 3.63) is 103 Å². The molecule has 0 aliphatic heterocycles. The first-order chi connectivity index (χ1) is 16.0. The number of amides is 1. The molecule has 1 unspecified atom stereocenters. The summed E-state index contributed by atoms with van der Waals surface area (Å²) in [6.45, 7) is 5.24. The first-order valence-electron chi connectivity index (χ1n) is 11.6. The van der Waals surface area contributed by atoms with Crippen molar-refractivity contribution < 1.29 is 4.79 Å². The van der Waals surface area contributed by atoms with Crippen LogP contribution in [0.3, 0.4) is 0 Å². The lowest BCUT2D eigenvalue weighted by Crippen LogP contribution is -2.40. The molecule has 0 saturated carbocycles. The zero-order valence-electron chi connectivity index (χ0n) is 19.4. The smallest absolute Gasteiger partial charge is 0.255 e. The summed E-state index contributed by atoms with van der Waals surface area (Å²) in [7, 11) is 0. The maximum atomic E-state index is 13.4. The highest BCUT2D eigenvalue weighted by Gasteiger charge is 2.30. The monoisotopic (exact) mass is 440 g/mol. The molecule has 0 fully saturated rings. The lowest BCUT2D eigenvalue weighted by Gasteiger charge is -2.32. The van der Waals surface area contributed by atoms with Crippen LogP contribution in [-0.2, 0) is 6.54 Å². The van der Waals surface area contributed by atoms with Crippen molar-refractivity contribution in [1.82, 2.24) is 14.5 Å². The number of rotatable bonds is 8. The summed E-state index contributed by atoms with van der Waals surface area (Å²) in [6, 6.07) is 19.3. The van der Waals surface area contributed by atoms with Crippen LogP contribution in [-0.4, -0.2) is 27.0 Å². The van der Waals surface area contributed by atoms with Gasteiger partial charge in [-0.15, -0.1) is 0 Å². The lowest BCUT2D eigenvalue weighted by molar-refractivity contribution is 0.0662. The van der Waals surface area contributed by atoms with E-state index in [2.05, 4.69) is 61.0 Å². The van der Waals surface area contributed by atoms with E-state index >= 15 is 0 Å². The minimum absolute atomic E-state index is 0.0204. The SMILES string of the molecule is CC[C@H](c1nc(-c2ccccc2)cn1CC1(C)C=CC=CC1)N(CN)C(=O)c1ccccc1. The number of carbonyl (C=O) groups is 1. The van der Waals surface area contributed by atoms with Crippen LogP contribution in [0.5, 0.6) is 0 Å². The molecule has 2 aromatic carbocycles. The van der Waals surface area contributed by atoms with Gasteiger partial charge in [0, 0.05) is 29.3 Å². The van der Waals surface area contributed by atoms with Crippen molar-refractivity contribution in [2.24, 2.45) is 11.1 Å². The fraction of sp³-hybridized carbons (Fsp3) is 0.286. The third-order valence-corrected chi connectivity index (χ3v) is 6.28. The molecule has 0 spiro atoms. The Balaban J connectivity index is 1.75. The molecule has 0 saturated heterocycles. The average molecular weight is 441 g/mol. The molecule has 1 amide bonds. The molecular weight excluding hydrogens is 408 g/mol. The molecule has 1 aliphatic rings. The highest BCUT2D eigenvalue weighted by atomic mass is 16.2. The van der Waals surface area contributed by atoms with Crippen molar-refractivity contribution in [2.75, 3.05) is 6.67 Å². The Hall–Kier alpha value is -3.44. The minimum atomic E-state index is -0.230. The number of hydrogen-bond acceptors (Lipinski definition) is 3. The Morgan fingerprint density at radius 3 is 2.42 bits per heavy atom. The van der Waals surface area contributed by atoms with Crippen LogP contribution in [0.4, 0.5) is 0 Å². The van der Waals surface area contributed by atoms with Gasteiger partial charge in [-0.1, -0.05) is 86.7 Å². The summed E-state index contributed by atoms with van der Waals surface area (Å²) in [5.74, 6) is 0.794. The Labute approximate surface area is 196 Å². The van der Waals surface area contributed by atoms with Crippen LogP contribution in [0, 0.1) is 5.41 Å². The molecule has 0 radical (unpaired) electrons. The van der Waals surface area contributed by atoms with E-state index in [9.17, 15) is 4.79 Å². The summed E-state index contributed by atoms with van der Waals surface area (Å²) in [4.78, 5) is 20.2. The molecule has 33 heavy (non-hydrogen) atoms. The molecular formula is C28H32N4O.